The van der Waals surface area contributed by atoms with E-state index in [1.165, 1.54) is 0 Å². The number of methoxy groups -OCH3 is 1. The van der Waals surface area contributed by atoms with Gasteiger partial charge in [0.1, 0.15) is 0 Å². The smallest absolute Gasteiger partial charge is 0.303 e. The fourth-order valence-corrected chi connectivity index (χ4v) is 1.08. The van der Waals surface area contributed by atoms with Crippen LogP contribution in [0, 0.1) is 0 Å². The first-order valence-corrected chi connectivity index (χ1v) is 5.29. The highest BCUT2D eigenvalue weighted by atomic mass is 16.5. The van der Waals surface area contributed by atoms with Gasteiger partial charge in [0.2, 0.25) is 5.91 Å². The molecule has 0 saturated heterocycles. The molecule has 0 aliphatic rings. The Morgan fingerprint density at radius 1 is 1.38 bits per heavy atom. The number of hydrogen-bond donors (Lipinski definition) is 3. The van der Waals surface area contributed by atoms with Gasteiger partial charge in [-0.15, -0.1) is 0 Å². The van der Waals surface area contributed by atoms with Crippen molar-refractivity contribution in [3.05, 3.63) is 0 Å². The minimum absolute atomic E-state index is 0.104. The summed E-state index contributed by atoms with van der Waals surface area (Å²) < 4.78 is 4.80. The third kappa shape index (κ3) is 8.19. The zero-order valence-electron chi connectivity index (χ0n) is 9.78. The lowest BCUT2D eigenvalue weighted by molar-refractivity contribution is -0.137. The number of carbonyl (C=O) groups excluding carboxylic acids is 1. The molecule has 3 N–H and O–H groups in total. The van der Waals surface area contributed by atoms with E-state index in [1.807, 2.05) is 0 Å². The maximum Gasteiger partial charge on any atom is 0.303 e. The van der Waals surface area contributed by atoms with Gasteiger partial charge in [-0.2, -0.15) is 0 Å². The lowest BCUT2D eigenvalue weighted by atomic mass is 10.2. The van der Waals surface area contributed by atoms with Gasteiger partial charge in [0.15, 0.2) is 0 Å². The molecule has 0 aliphatic heterocycles. The molecule has 0 rings (SSSR count). The van der Waals surface area contributed by atoms with E-state index in [9.17, 15) is 9.59 Å². The van der Waals surface area contributed by atoms with Crippen LogP contribution >= 0.6 is 0 Å². The summed E-state index contributed by atoms with van der Waals surface area (Å²) in [5, 5.41) is 14.0. The zero-order chi connectivity index (χ0) is 12.4. The predicted molar refractivity (Wildman–Crippen MR) is 59.2 cm³/mol. The molecule has 0 bridgehead atoms. The van der Waals surface area contributed by atoms with E-state index in [0.717, 1.165) is 0 Å². The van der Waals surface area contributed by atoms with Crippen molar-refractivity contribution >= 4 is 11.9 Å². The molecule has 94 valence electrons. The minimum Gasteiger partial charge on any atom is -0.481 e. The Balaban J connectivity index is 3.51. The molecule has 0 aliphatic carbocycles. The maximum absolute atomic E-state index is 11.4. The van der Waals surface area contributed by atoms with Crippen LogP contribution in [0.25, 0.3) is 0 Å². The van der Waals surface area contributed by atoms with E-state index >= 15 is 0 Å². The standard InChI is InChI=1S/C10H20N2O4/c1-8(10(15)12-6-7-16-2)11-5-3-4-9(13)14/h8,11H,3-7H2,1-2H3,(H,12,15)(H,13,14). The molecule has 0 radical (unpaired) electrons. The van der Waals surface area contributed by atoms with Crippen LogP contribution in [0.15, 0.2) is 0 Å². The van der Waals surface area contributed by atoms with Crippen LogP contribution < -0.4 is 10.6 Å². The first-order valence-electron chi connectivity index (χ1n) is 5.29. The van der Waals surface area contributed by atoms with Gasteiger partial charge in [0, 0.05) is 20.1 Å². The molecular formula is C10H20N2O4. The lowest BCUT2D eigenvalue weighted by Gasteiger charge is -2.13. The van der Waals surface area contributed by atoms with Crippen LogP contribution in [0.5, 0.6) is 0 Å². The summed E-state index contributed by atoms with van der Waals surface area (Å²) in [5.41, 5.74) is 0. The van der Waals surface area contributed by atoms with Gasteiger partial charge in [-0.1, -0.05) is 0 Å². The Morgan fingerprint density at radius 3 is 2.62 bits per heavy atom. The second-order valence-electron chi connectivity index (χ2n) is 3.46. The highest BCUT2D eigenvalue weighted by molar-refractivity contribution is 5.81. The number of ether oxygens (including phenoxy) is 1. The van der Waals surface area contributed by atoms with Crippen LogP contribution in [0.2, 0.25) is 0 Å². The van der Waals surface area contributed by atoms with Crippen molar-refractivity contribution in [3.8, 4) is 0 Å². The molecule has 0 aromatic rings. The number of aliphatic carboxylic acids is 1. The molecule has 0 aromatic heterocycles. The molecule has 0 heterocycles. The van der Waals surface area contributed by atoms with Crippen LogP contribution in [0.4, 0.5) is 0 Å². The van der Waals surface area contributed by atoms with E-state index < -0.39 is 5.97 Å². The summed E-state index contributed by atoms with van der Waals surface area (Å²) in [4.78, 5) is 21.6. The van der Waals surface area contributed by atoms with Crippen molar-refractivity contribution in [2.24, 2.45) is 0 Å². The average Bonchev–Trinajstić information content (AvgIpc) is 2.24. The number of nitrogens with one attached hydrogen (secondary N) is 2. The number of rotatable bonds is 9. The first kappa shape index (κ1) is 14.9. The third-order valence-electron chi connectivity index (χ3n) is 2.02. The molecule has 0 spiro atoms. The molecule has 6 heteroatoms. The highest BCUT2D eigenvalue weighted by Gasteiger charge is 2.10. The van der Waals surface area contributed by atoms with Gasteiger partial charge in [0.25, 0.3) is 0 Å². The van der Waals surface area contributed by atoms with Crippen LogP contribution in [-0.2, 0) is 14.3 Å². The Bertz CT molecular complexity index is 221. The summed E-state index contributed by atoms with van der Waals surface area (Å²) in [6.45, 7) is 3.22. The molecule has 1 amide bonds. The van der Waals surface area contributed by atoms with Gasteiger partial charge in [-0.3, -0.25) is 9.59 Å². The van der Waals surface area contributed by atoms with E-state index in [0.29, 0.717) is 26.1 Å². The summed E-state index contributed by atoms with van der Waals surface area (Å²) in [7, 11) is 1.57. The van der Waals surface area contributed by atoms with Gasteiger partial charge in [-0.05, 0) is 19.9 Å². The van der Waals surface area contributed by atoms with Gasteiger partial charge in [0.05, 0.1) is 12.6 Å². The molecular weight excluding hydrogens is 212 g/mol. The average molecular weight is 232 g/mol. The number of carboxylic acids is 1. The summed E-state index contributed by atoms with van der Waals surface area (Å²) in [6, 6.07) is -0.314. The molecule has 0 aromatic carbocycles. The van der Waals surface area contributed by atoms with Crippen molar-refractivity contribution in [2.75, 3.05) is 26.8 Å². The Labute approximate surface area is 95.4 Å². The largest absolute Gasteiger partial charge is 0.481 e. The number of carboxylic acid groups (broad SMARTS) is 1. The fraction of sp³-hybridized carbons (Fsp3) is 0.800. The SMILES string of the molecule is COCCNC(=O)C(C)NCCCC(=O)O. The maximum atomic E-state index is 11.4. The van der Waals surface area contributed by atoms with Crippen LogP contribution in [-0.4, -0.2) is 49.8 Å². The molecule has 1 atom stereocenters. The Morgan fingerprint density at radius 2 is 2.06 bits per heavy atom. The third-order valence-corrected chi connectivity index (χ3v) is 2.02. The molecule has 0 saturated carbocycles. The fourth-order valence-electron chi connectivity index (χ4n) is 1.08. The number of hydrogen-bond acceptors (Lipinski definition) is 4. The predicted octanol–water partition coefficient (Wildman–Crippen LogP) is -0.408. The van der Waals surface area contributed by atoms with Crippen LogP contribution in [0.1, 0.15) is 19.8 Å². The van der Waals surface area contributed by atoms with Crippen molar-refractivity contribution < 1.29 is 19.4 Å². The molecule has 6 nitrogen and oxygen atoms in total. The van der Waals surface area contributed by atoms with Gasteiger partial charge >= 0.3 is 5.97 Å². The van der Waals surface area contributed by atoms with Crippen molar-refractivity contribution in [1.29, 1.82) is 0 Å². The quantitative estimate of drug-likeness (QED) is 0.470. The topological polar surface area (TPSA) is 87.7 Å². The Hall–Kier alpha value is -1.14. The highest BCUT2D eigenvalue weighted by Crippen LogP contribution is 1.88. The number of carbonyl (C=O) groups is 2. The summed E-state index contributed by atoms with van der Waals surface area (Å²) in [6.07, 6.45) is 0.635. The van der Waals surface area contributed by atoms with Gasteiger partial charge in [-0.25, -0.2) is 0 Å². The minimum atomic E-state index is -0.820. The second kappa shape index (κ2) is 9.11. The molecule has 1 unspecified atom stereocenters. The van der Waals surface area contributed by atoms with E-state index in [-0.39, 0.29) is 18.4 Å². The monoisotopic (exact) mass is 232 g/mol. The lowest BCUT2D eigenvalue weighted by Crippen LogP contribution is -2.43. The second-order valence-corrected chi connectivity index (χ2v) is 3.46. The Kier molecular flexibility index (Phi) is 8.46. The molecule has 16 heavy (non-hydrogen) atoms. The molecule has 0 fully saturated rings. The van der Waals surface area contributed by atoms with Crippen molar-refractivity contribution in [3.63, 3.8) is 0 Å². The van der Waals surface area contributed by atoms with E-state index in [1.54, 1.807) is 14.0 Å². The zero-order valence-corrected chi connectivity index (χ0v) is 9.78. The van der Waals surface area contributed by atoms with Gasteiger partial charge < -0.3 is 20.5 Å². The summed E-state index contributed by atoms with van der Waals surface area (Å²) >= 11 is 0. The van der Waals surface area contributed by atoms with Crippen molar-refractivity contribution in [2.45, 2.75) is 25.8 Å². The normalized spacial score (nSPS) is 12.1. The van der Waals surface area contributed by atoms with E-state index in [4.69, 9.17) is 9.84 Å². The van der Waals surface area contributed by atoms with Crippen molar-refractivity contribution in [1.82, 2.24) is 10.6 Å². The van der Waals surface area contributed by atoms with E-state index in [2.05, 4.69) is 10.6 Å². The number of amides is 1. The first-order chi connectivity index (χ1) is 7.57. The van der Waals surface area contributed by atoms with Crippen LogP contribution in [0.3, 0.4) is 0 Å². The summed E-state index contributed by atoms with van der Waals surface area (Å²) in [5.74, 6) is -0.925.